The Bertz CT molecular complexity index is 984. The summed E-state index contributed by atoms with van der Waals surface area (Å²) in [5.74, 6) is -0.133. The summed E-state index contributed by atoms with van der Waals surface area (Å²) in [6, 6.07) is 12.0. The van der Waals surface area contributed by atoms with Crippen molar-refractivity contribution >= 4 is 17.3 Å². The molecule has 0 amide bonds. The van der Waals surface area contributed by atoms with Gasteiger partial charge in [-0.1, -0.05) is 44.2 Å². The summed E-state index contributed by atoms with van der Waals surface area (Å²) < 4.78 is 11.3. The predicted molar refractivity (Wildman–Crippen MR) is 114 cm³/mol. The van der Waals surface area contributed by atoms with Crippen molar-refractivity contribution in [3.05, 3.63) is 69.8 Å². The molecule has 0 spiro atoms. The van der Waals surface area contributed by atoms with E-state index in [1.807, 2.05) is 18.2 Å². The van der Waals surface area contributed by atoms with E-state index < -0.39 is 5.97 Å². The average molecular weight is 392 g/mol. The third-order valence-corrected chi connectivity index (χ3v) is 6.18. The zero-order valence-electron chi connectivity index (χ0n) is 17.4. The molecule has 152 valence electrons. The molecule has 2 aromatic rings. The number of carbonyl (C=O) groups is 1. The summed E-state index contributed by atoms with van der Waals surface area (Å²) in [5, 5.41) is 10.00. The van der Waals surface area contributed by atoms with Gasteiger partial charge in [0.05, 0.1) is 5.56 Å². The SMILES string of the molecule is COCOC1=C(c2c(C(=O)O)ccc3c2CCCC3)CC(C)(C)c2ccccc21. The van der Waals surface area contributed by atoms with Crippen LogP contribution in [0.15, 0.2) is 36.4 Å². The van der Waals surface area contributed by atoms with Gasteiger partial charge in [0.2, 0.25) is 0 Å². The minimum absolute atomic E-state index is 0.126. The van der Waals surface area contributed by atoms with Gasteiger partial charge in [-0.05, 0) is 65.8 Å². The summed E-state index contributed by atoms with van der Waals surface area (Å²) in [7, 11) is 1.60. The molecule has 1 N–H and O–H groups in total. The van der Waals surface area contributed by atoms with Gasteiger partial charge in [-0.3, -0.25) is 0 Å². The van der Waals surface area contributed by atoms with Crippen LogP contribution in [0.4, 0.5) is 0 Å². The number of allylic oxidation sites excluding steroid dienone is 1. The summed E-state index contributed by atoms with van der Waals surface area (Å²) in [6.45, 7) is 4.56. The van der Waals surface area contributed by atoms with Gasteiger partial charge in [0, 0.05) is 18.2 Å². The maximum absolute atomic E-state index is 12.2. The molecule has 2 aliphatic rings. The highest BCUT2D eigenvalue weighted by atomic mass is 16.7. The first-order chi connectivity index (χ1) is 13.9. The number of carboxylic acid groups (broad SMARTS) is 1. The van der Waals surface area contributed by atoms with Crippen LogP contribution in [0, 0.1) is 0 Å². The third-order valence-electron chi connectivity index (χ3n) is 6.18. The van der Waals surface area contributed by atoms with E-state index in [-0.39, 0.29) is 12.2 Å². The molecule has 0 atom stereocenters. The van der Waals surface area contributed by atoms with Crippen LogP contribution in [0.3, 0.4) is 0 Å². The number of fused-ring (bicyclic) bond motifs is 2. The summed E-state index contributed by atoms with van der Waals surface area (Å²) >= 11 is 0. The molecule has 0 aromatic heterocycles. The molecule has 0 fully saturated rings. The molecule has 2 aromatic carbocycles. The van der Waals surface area contributed by atoms with E-state index in [1.165, 1.54) is 16.7 Å². The van der Waals surface area contributed by atoms with Crippen LogP contribution in [0.1, 0.15) is 71.3 Å². The van der Waals surface area contributed by atoms with Crippen LogP contribution < -0.4 is 0 Å². The maximum atomic E-state index is 12.2. The lowest BCUT2D eigenvalue weighted by molar-refractivity contribution is 0.0315. The molecule has 0 unspecified atom stereocenters. The fourth-order valence-corrected chi connectivity index (χ4v) is 4.89. The Morgan fingerprint density at radius 3 is 2.62 bits per heavy atom. The summed E-state index contributed by atoms with van der Waals surface area (Å²) in [6.07, 6.45) is 4.88. The van der Waals surface area contributed by atoms with Crippen molar-refractivity contribution in [3.8, 4) is 0 Å². The normalized spacial score (nSPS) is 17.5. The van der Waals surface area contributed by atoms with Crippen LogP contribution >= 0.6 is 0 Å². The number of carboxylic acids is 1. The van der Waals surface area contributed by atoms with Gasteiger partial charge in [-0.15, -0.1) is 0 Å². The monoisotopic (exact) mass is 392 g/mol. The van der Waals surface area contributed by atoms with E-state index in [0.29, 0.717) is 5.56 Å². The van der Waals surface area contributed by atoms with Gasteiger partial charge in [-0.25, -0.2) is 4.79 Å². The van der Waals surface area contributed by atoms with E-state index in [2.05, 4.69) is 26.0 Å². The third kappa shape index (κ3) is 3.46. The van der Waals surface area contributed by atoms with Gasteiger partial charge >= 0.3 is 5.97 Å². The van der Waals surface area contributed by atoms with E-state index >= 15 is 0 Å². The highest BCUT2D eigenvalue weighted by Crippen LogP contribution is 2.48. The fraction of sp³-hybridized carbons (Fsp3) is 0.400. The zero-order chi connectivity index (χ0) is 20.6. The minimum Gasteiger partial charge on any atom is -0.478 e. The molecular formula is C25H28O4. The zero-order valence-corrected chi connectivity index (χ0v) is 17.4. The van der Waals surface area contributed by atoms with Crippen molar-refractivity contribution < 1.29 is 19.4 Å². The largest absolute Gasteiger partial charge is 0.478 e. The molecule has 0 radical (unpaired) electrons. The Morgan fingerprint density at radius 1 is 1.10 bits per heavy atom. The van der Waals surface area contributed by atoms with Crippen molar-refractivity contribution in [2.45, 2.75) is 51.4 Å². The molecular weight excluding hydrogens is 364 g/mol. The lowest BCUT2D eigenvalue weighted by Gasteiger charge is -2.37. The van der Waals surface area contributed by atoms with Gasteiger partial charge < -0.3 is 14.6 Å². The van der Waals surface area contributed by atoms with Crippen molar-refractivity contribution in [1.29, 1.82) is 0 Å². The first-order valence-corrected chi connectivity index (χ1v) is 10.3. The topological polar surface area (TPSA) is 55.8 Å². The number of rotatable bonds is 5. The standard InChI is InChI=1S/C25H28O4/c1-25(2)14-20(23(29-15-28-3)18-10-6-7-11-21(18)25)22-17-9-5-4-8-16(17)12-13-19(22)24(26)27/h6-7,10-13H,4-5,8-9,14-15H2,1-3H3,(H,26,27). The second kappa shape index (κ2) is 7.68. The lowest BCUT2D eigenvalue weighted by Crippen LogP contribution is -2.26. The van der Waals surface area contributed by atoms with Gasteiger partial charge in [0.25, 0.3) is 0 Å². The first kappa shape index (κ1) is 19.7. The number of hydrogen-bond acceptors (Lipinski definition) is 3. The summed E-state index contributed by atoms with van der Waals surface area (Å²) in [4.78, 5) is 12.2. The van der Waals surface area contributed by atoms with E-state index in [0.717, 1.165) is 54.6 Å². The second-order valence-electron chi connectivity index (χ2n) is 8.60. The molecule has 0 saturated carbocycles. The van der Waals surface area contributed by atoms with Crippen LogP contribution in [-0.4, -0.2) is 25.0 Å². The Labute approximate surface area is 172 Å². The minimum atomic E-state index is -0.886. The molecule has 29 heavy (non-hydrogen) atoms. The maximum Gasteiger partial charge on any atom is 0.336 e. The molecule has 0 aliphatic heterocycles. The Hall–Kier alpha value is -2.59. The van der Waals surface area contributed by atoms with Crippen LogP contribution in [0.5, 0.6) is 0 Å². The number of benzene rings is 2. The van der Waals surface area contributed by atoms with Crippen LogP contribution in [-0.2, 0) is 27.7 Å². The number of hydrogen-bond donors (Lipinski definition) is 1. The van der Waals surface area contributed by atoms with Gasteiger partial charge in [0.15, 0.2) is 6.79 Å². The first-order valence-electron chi connectivity index (χ1n) is 10.3. The van der Waals surface area contributed by atoms with Crippen molar-refractivity contribution in [1.82, 2.24) is 0 Å². The van der Waals surface area contributed by atoms with E-state index in [4.69, 9.17) is 9.47 Å². The van der Waals surface area contributed by atoms with E-state index in [9.17, 15) is 9.90 Å². The quantitative estimate of drug-likeness (QED) is 0.689. The highest BCUT2D eigenvalue weighted by Gasteiger charge is 2.36. The van der Waals surface area contributed by atoms with Crippen LogP contribution in [0.25, 0.3) is 11.3 Å². The van der Waals surface area contributed by atoms with Crippen molar-refractivity contribution in [2.75, 3.05) is 13.9 Å². The van der Waals surface area contributed by atoms with Gasteiger partial charge in [0.1, 0.15) is 5.76 Å². The average Bonchev–Trinajstić information content (AvgIpc) is 2.72. The van der Waals surface area contributed by atoms with Crippen molar-refractivity contribution in [2.24, 2.45) is 0 Å². The predicted octanol–water partition coefficient (Wildman–Crippen LogP) is 5.43. The molecule has 4 heteroatoms. The van der Waals surface area contributed by atoms with E-state index in [1.54, 1.807) is 13.2 Å². The fourth-order valence-electron chi connectivity index (χ4n) is 4.89. The number of methoxy groups -OCH3 is 1. The van der Waals surface area contributed by atoms with Crippen molar-refractivity contribution in [3.63, 3.8) is 0 Å². The molecule has 0 heterocycles. The Morgan fingerprint density at radius 2 is 1.86 bits per heavy atom. The second-order valence-corrected chi connectivity index (χ2v) is 8.60. The summed E-state index contributed by atoms with van der Waals surface area (Å²) in [5.41, 5.74) is 6.79. The van der Waals surface area contributed by atoms with Crippen LogP contribution in [0.2, 0.25) is 0 Å². The molecule has 4 rings (SSSR count). The lowest BCUT2D eigenvalue weighted by atomic mass is 9.69. The molecule has 2 aliphatic carbocycles. The highest BCUT2D eigenvalue weighted by molar-refractivity contribution is 6.01. The molecule has 4 nitrogen and oxygen atoms in total. The smallest absolute Gasteiger partial charge is 0.336 e. The Kier molecular flexibility index (Phi) is 5.22. The number of aromatic carboxylic acids is 1. The molecule has 0 bridgehead atoms. The Balaban J connectivity index is 2.03. The number of aryl methyl sites for hydroxylation is 1. The molecule has 0 saturated heterocycles. The number of ether oxygens (including phenoxy) is 2. The van der Waals surface area contributed by atoms with Gasteiger partial charge in [-0.2, -0.15) is 0 Å².